The number of phenols is 1. The summed E-state index contributed by atoms with van der Waals surface area (Å²) >= 11 is 0. The van der Waals surface area contributed by atoms with Crippen LogP contribution < -0.4 is 5.84 Å². The van der Waals surface area contributed by atoms with E-state index in [0.29, 0.717) is 10.6 Å². The molecule has 0 aliphatic heterocycles. The van der Waals surface area contributed by atoms with Crippen molar-refractivity contribution in [3.63, 3.8) is 0 Å². The maximum atomic E-state index is 12.6. The SMILES string of the molecule is CCOC(=O)N(N)C(=O)c1cc(C(C)(C)C)cc(C(C)(C)C)c1O. The van der Waals surface area contributed by atoms with Crippen LogP contribution in [0.2, 0.25) is 0 Å². The van der Waals surface area contributed by atoms with Crippen LogP contribution in [0.15, 0.2) is 12.1 Å². The van der Waals surface area contributed by atoms with Crippen molar-refractivity contribution in [3.8, 4) is 5.75 Å². The van der Waals surface area contributed by atoms with Crippen molar-refractivity contribution in [2.75, 3.05) is 6.61 Å². The standard InChI is InChI=1S/C18H28N2O4/c1-8-24-16(23)20(19)15(22)12-9-11(17(2,3)4)10-13(14(12)21)18(5,6)7/h9-10,21H,8,19H2,1-7H3. The third-order valence-electron chi connectivity index (χ3n) is 3.70. The first kappa shape index (κ1) is 20.0. The maximum Gasteiger partial charge on any atom is 0.431 e. The van der Waals surface area contributed by atoms with Crippen LogP contribution in [0.4, 0.5) is 4.79 Å². The number of hydrazine groups is 1. The average molecular weight is 336 g/mol. The molecule has 6 nitrogen and oxygen atoms in total. The van der Waals surface area contributed by atoms with Gasteiger partial charge in [0.15, 0.2) is 0 Å². The van der Waals surface area contributed by atoms with Gasteiger partial charge in [-0.2, -0.15) is 5.01 Å². The Balaban J connectivity index is 3.52. The molecule has 3 N–H and O–H groups in total. The van der Waals surface area contributed by atoms with E-state index in [1.165, 1.54) is 0 Å². The summed E-state index contributed by atoms with van der Waals surface area (Å²) in [5, 5.41) is 11.0. The number of benzene rings is 1. The number of phenolic OH excluding ortho intramolecular Hbond substituents is 1. The Morgan fingerprint density at radius 1 is 1.12 bits per heavy atom. The van der Waals surface area contributed by atoms with Crippen LogP contribution in [0, 0.1) is 0 Å². The monoisotopic (exact) mass is 336 g/mol. The second-order valence-electron chi connectivity index (χ2n) is 7.79. The summed E-state index contributed by atoms with van der Waals surface area (Å²) in [6.07, 6.45) is -0.958. The van der Waals surface area contributed by atoms with E-state index < -0.39 is 12.0 Å². The molecule has 0 aromatic heterocycles. The molecule has 0 atom stereocenters. The zero-order chi connectivity index (χ0) is 18.9. The van der Waals surface area contributed by atoms with E-state index in [2.05, 4.69) is 0 Å². The van der Waals surface area contributed by atoms with Gasteiger partial charge in [0.2, 0.25) is 0 Å². The van der Waals surface area contributed by atoms with Gasteiger partial charge in [0.1, 0.15) is 5.75 Å². The smallest absolute Gasteiger partial charge is 0.431 e. The molecule has 0 saturated heterocycles. The molecule has 1 rings (SSSR count). The highest BCUT2D eigenvalue weighted by Crippen LogP contribution is 2.38. The molecule has 0 aliphatic rings. The van der Waals surface area contributed by atoms with Gasteiger partial charge in [-0.05, 0) is 29.4 Å². The fraction of sp³-hybridized carbons (Fsp3) is 0.556. The number of imide groups is 1. The predicted molar refractivity (Wildman–Crippen MR) is 92.9 cm³/mol. The summed E-state index contributed by atoms with van der Waals surface area (Å²) in [5.41, 5.74) is 0.847. The Hall–Kier alpha value is -2.08. The van der Waals surface area contributed by atoms with Gasteiger partial charge in [-0.25, -0.2) is 10.6 Å². The number of rotatable bonds is 2. The molecule has 0 radical (unpaired) electrons. The van der Waals surface area contributed by atoms with E-state index in [1.807, 2.05) is 47.6 Å². The zero-order valence-electron chi connectivity index (χ0n) is 15.6. The molecule has 0 bridgehead atoms. The molecule has 134 valence electrons. The molecule has 0 unspecified atom stereocenters. The van der Waals surface area contributed by atoms with E-state index in [0.717, 1.165) is 5.56 Å². The largest absolute Gasteiger partial charge is 0.507 e. The topological polar surface area (TPSA) is 92.9 Å². The lowest BCUT2D eigenvalue weighted by atomic mass is 9.79. The van der Waals surface area contributed by atoms with Gasteiger partial charge in [-0.15, -0.1) is 0 Å². The summed E-state index contributed by atoms with van der Waals surface area (Å²) in [7, 11) is 0. The van der Waals surface area contributed by atoms with Crippen LogP contribution in [-0.4, -0.2) is 28.7 Å². The second kappa shape index (κ2) is 6.81. The molecule has 0 saturated carbocycles. The van der Waals surface area contributed by atoms with Gasteiger partial charge >= 0.3 is 6.09 Å². The van der Waals surface area contributed by atoms with Crippen LogP contribution in [0.3, 0.4) is 0 Å². The second-order valence-corrected chi connectivity index (χ2v) is 7.79. The van der Waals surface area contributed by atoms with Crippen molar-refractivity contribution in [2.24, 2.45) is 5.84 Å². The number of nitrogens with zero attached hydrogens (tertiary/aromatic N) is 1. The Kier molecular flexibility index (Phi) is 5.66. The average Bonchev–Trinajstić information content (AvgIpc) is 2.43. The van der Waals surface area contributed by atoms with Crippen molar-refractivity contribution in [2.45, 2.75) is 59.3 Å². The summed E-state index contributed by atoms with van der Waals surface area (Å²) in [6.45, 7) is 13.5. The number of ether oxygens (including phenoxy) is 1. The van der Waals surface area contributed by atoms with Crippen molar-refractivity contribution >= 4 is 12.0 Å². The molecule has 24 heavy (non-hydrogen) atoms. The van der Waals surface area contributed by atoms with E-state index >= 15 is 0 Å². The molecular weight excluding hydrogens is 308 g/mol. The Morgan fingerprint density at radius 2 is 1.67 bits per heavy atom. The van der Waals surface area contributed by atoms with Gasteiger partial charge in [0.25, 0.3) is 5.91 Å². The Bertz CT molecular complexity index is 640. The number of nitrogens with two attached hydrogens (primary N) is 1. The van der Waals surface area contributed by atoms with Crippen LogP contribution >= 0.6 is 0 Å². The molecule has 0 aliphatic carbocycles. The van der Waals surface area contributed by atoms with Crippen LogP contribution in [0.25, 0.3) is 0 Å². The van der Waals surface area contributed by atoms with Gasteiger partial charge < -0.3 is 9.84 Å². The van der Waals surface area contributed by atoms with Gasteiger partial charge in [-0.1, -0.05) is 47.6 Å². The fourth-order valence-corrected chi connectivity index (χ4v) is 2.21. The maximum absolute atomic E-state index is 12.6. The molecule has 0 fully saturated rings. The molecular formula is C18H28N2O4. The van der Waals surface area contributed by atoms with Gasteiger partial charge in [-0.3, -0.25) is 4.79 Å². The van der Waals surface area contributed by atoms with Crippen molar-refractivity contribution < 1.29 is 19.4 Å². The molecule has 1 aromatic carbocycles. The minimum Gasteiger partial charge on any atom is -0.507 e. The fourth-order valence-electron chi connectivity index (χ4n) is 2.21. The van der Waals surface area contributed by atoms with E-state index in [9.17, 15) is 14.7 Å². The summed E-state index contributed by atoms with van der Waals surface area (Å²) in [6, 6.07) is 3.46. The van der Waals surface area contributed by atoms with Crippen LogP contribution in [-0.2, 0) is 15.6 Å². The van der Waals surface area contributed by atoms with E-state index in [1.54, 1.807) is 13.0 Å². The summed E-state index contributed by atoms with van der Waals surface area (Å²) in [5.74, 6) is 4.59. The Labute approximate surface area is 143 Å². The molecule has 0 spiro atoms. The van der Waals surface area contributed by atoms with E-state index in [-0.39, 0.29) is 28.7 Å². The lowest BCUT2D eigenvalue weighted by Crippen LogP contribution is -2.43. The number of aromatic hydroxyl groups is 1. The van der Waals surface area contributed by atoms with Crippen molar-refractivity contribution in [3.05, 3.63) is 28.8 Å². The lowest BCUT2D eigenvalue weighted by Gasteiger charge is -2.27. The first-order chi connectivity index (χ1) is 10.8. The number of carbonyl (C=O) groups is 2. The highest BCUT2D eigenvalue weighted by molar-refractivity contribution is 6.04. The van der Waals surface area contributed by atoms with Crippen molar-refractivity contribution in [1.29, 1.82) is 0 Å². The lowest BCUT2D eigenvalue weighted by molar-refractivity contribution is 0.0669. The quantitative estimate of drug-likeness (QED) is 0.490. The minimum atomic E-state index is -0.958. The normalized spacial score (nSPS) is 12.0. The number of carbonyl (C=O) groups excluding carboxylic acids is 2. The third kappa shape index (κ3) is 4.26. The van der Waals surface area contributed by atoms with Crippen molar-refractivity contribution in [1.82, 2.24) is 5.01 Å². The predicted octanol–water partition coefficient (Wildman–Crippen LogP) is 3.46. The first-order valence-corrected chi connectivity index (χ1v) is 7.94. The molecule has 0 heterocycles. The highest BCUT2D eigenvalue weighted by Gasteiger charge is 2.30. The Morgan fingerprint density at radius 3 is 2.08 bits per heavy atom. The molecule has 1 aromatic rings. The number of hydrogen-bond acceptors (Lipinski definition) is 5. The third-order valence-corrected chi connectivity index (χ3v) is 3.70. The van der Waals surface area contributed by atoms with Gasteiger partial charge in [0.05, 0.1) is 12.2 Å². The molecule has 2 amide bonds. The van der Waals surface area contributed by atoms with E-state index in [4.69, 9.17) is 10.6 Å². The molecule has 6 heteroatoms. The number of hydrogen-bond donors (Lipinski definition) is 2. The number of amides is 2. The first-order valence-electron chi connectivity index (χ1n) is 7.94. The minimum absolute atomic E-state index is 0.0112. The zero-order valence-corrected chi connectivity index (χ0v) is 15.6. The van der Waals surface area contributed by atoms with Crippen LogP contribution in [0.5, 0.6) is 5.75 Å². The summed E-state index contributed by atoms with van der Waals surface area (Å²) in [4.78, 5) is 24.3. The summed E-state index contributed by atoms with van der Waals surface area (Å²) < 4.78 is 4.74. The highest BCUT2D eigenvalue weighted by atomic mass is 16.6. The van der Waals surface area contributed by atoms with Gasteiger partial charge in [0, 0.05) is 5.56 Å². The van der Waals surface area contributed by atoms with Crippen LogP contribution in [0.1, 0.15) is 70.0 Å².